The number of ether oxygens (including phenoxy) is 5. The Morgan fingerprint density at radius 1 is 0.519 bits per heavy atom. The zero-order valence-corrected chi connectivity index (χ0v) is 32.9. The number of benzene rings is 3. The van der Waals surface area contributed by atoms with Crippen LogP contribution in [-0.4, -0.2) is 32.4 Å². The van der Waals surface area contributed by atoms with Crippen molar-refractivity contribution < 1.29 is 33.3 Å². The van der Waals surface area contributed by atoms with Crippen molar-refractivity contribution in [3.8, 4) is 17.2 Å². The Hall–Kier alpha value is -4.46. The number of carbonyl (C=O) groups is 2. The quantitative estimate of drug-likeness (QED) is 0.0905. The van der Waals surface area contributed by atoms with Crippen LogP contribution in [0, 0.1) is 0 Å². The van der Waals surface area contributed by atoms with Crippen LogP contribution in [0.25, 0.3) is 0 Å². The highest BCUT2D eigenvalue weighted by Gasteiger charge is 2.32. The van der Waals surface area contributed by atoms with Crippen LogP contribution >= 0.6 is 0 Å². The van der Waals surface area contributed by atoms with Crippen molar-refractivity contribution >= 4 is 12.6 Å². The molecule has 0 aliphatic rings. The average Bonchev–Trinajstić information content (AvgIpc) is 3.08. The molecule has 7 nitrogen and oxygen atoms in total. The second-order valence-electron chi connectivity index (χ2n) is 16.0. The lowest BCUT2D eigenvalue weighted by molar-refractivity contribution is -0.0375. The fourth-order valence-electron chi connectivity index (χ4n) is 5.66. The summed E-state index contributed by atoms with van der Waals surface area (Å²) in [6.07, 6.45) is 6.66. The zero-order chi connectivity index (χ0) is 38.9. The molecule has 0 heterocycles. The highest BCUT2D eigenvalue weighted by atomic mass is 16.5. The minimum absolute atomic E-state index is 0.208. The summed E-state index contributed by atoms with van der Waals surface area (Å²) in [5.41, 5.74) is 4.12. The molecule has 0 N–H and O–H groups in total. The van der Waals surface area contributed by atoms with Gasteiger partial charge in [0.2, 0.25) is 0 Å². The maximum absolute atomic E-state index is 12.3. The zero-order valence-electron chi connectivity index (χ0n) is 32.9. The van der Waals surface area contributed by atoms with E-state index in [1.165, 1.54) is 0 Å². The van der Waals surface area contributed by atoms with Crippen molar-refractivity contribution in [3.63, 3.8) is 0 Å². The number of aldehydes is 2. The Morgan fingerprint density at radius 2 is 0.885 bits per heavy atom. The molecule has 0 fully saturated rings. The lowest BCUT2D eigenvalue weighted by Gasteiger charge is -2.32. The maximum atomic E-state index is 12.3. The normalized spacial score (nSPS) is 12.2. The molecule has 0 atom stereocenters. The second kappa shape index (κ2) is 17.4. The van der Waals surface area contributed by atoms with Crippen molar-refractivity contribution in [2.24, 2.45) is 0 Å². The van der Waals surface area contributed by atoms with Gasteiger partial charge in [-0.15, -0.1) is 0 Å². The van der Waals surface area contributed by atoms with E-state index in [0.717, 1.165) is 46.0 Å². The van der Waals surface area contributed by atoms with Gasteiger partial charge >= 0.3 is 0 Å². The predicted molar refractivity (Wildman–Crippen MR) is 210 cm³/mol. The lowest BCUT2D eigenvalue weighted by Crippen LogP contribution is -2.25. The standard InChI is InChI=1S/C45H58O7/c1-14-17-48-37-21-31(29-51-44(10,11)38-25-35(42(4,5)6)23-33(27-46)40(38)49-18-15-2)20-32(22-37)30-52-45(12,13)39-26-36(43(7,8)9)24-34(28-47)41(39)50-19-16-3/h14-16,20-28H,1-3,17-19,29-30H2,4-13H3. The van der Waals surface area contributed by atoms with Gasteiger partial charge in [0.05, 0.1) is 35.5 Å². The molecule has 3 rings (SSSR count). The number of hydrogen-bond donors (Lipinski definition) is 0. The van der Waals surface area contributed by atoms with Crippen LogP contribution in [0.2, 0.25) is 0 Å². The molecule has 0 saturated heterocycles. The minimum Gasteiger partial charge on any atom is -0.490 e. The first-order valence-electron chi connectivity index (χ1n) is 17.7. The van der Waals surface area contributed by atoms with E-state index in [9.17, 15) is 9.59 Å². The first-order chi connectivity index (χ1) is 24.3. The van der Waals surface area contributed by atoms with Gasteiger partial charge in [0.15, 0.2) is 12.6 Å². The summed E-state index contributed by atoms with van der Waals surface area (Å²) in [5.74, 6) is 1.62. The van der Waals surface area contributed by atoms with Crippen molar-refractivity contribution in [1.29, 1.82) is 0 Å². The minimum atomic E-state index is -0.845. The van der Waals surface area contributed by atoms with Gasteiger partial charge in [-0.05, 0) is 97.2 Å². The highest BCUT2D eigenvalue weighted by Crippen LogP contribution is 2.41. The molecule has 0 unspecified atom stereocenters. The predicted octanol–water partition coefficient (Wildman–Crippen LogP) is 10.5. The third-order valence-electron chi connectivity index (χ3n) is 8.80. The van der Waals surface area contributed by atoms with Gasteiger partial charge in [0.1, 0.15) is 37.1 Å². The fourth-order valence-corrected chi connectivity index (χ4v) is 5.66. The first-order valence-corrected chi connectivity index (χ1v) is 17.7. The Morgan fingerprint density at radius 3 is 1.21 bits per heavy atom. The molecule has 0 spiro atoms. The van der Waals surface area contributed by atoms with Gasteiger partial charge in [-0.1, -0.05) is 85.6 Å². The average molecular weight is 711 g/mol. The van der Waals surface area contributed by atoms with Gasteiger partial charge in [-0.3, -0.25) is 9.59 Å². The van der Waals surface area contributed by atoms with E-state index in [-0.39, 0.29) is 37.3 Å². The van der Waals surface area contributed by atoms with Crippen LogP contribution in [-0.2, 0) is 44.7 Å². The summed E-state index contributed by atoms with van der Waals surface area (Å²) < 4.78 is 31.4. The molecule has 7 heteroatoms. The summed E-state index contributed by atoms with van der Waals surface area (Å²) in [5, 5.41) is 0. The largest absolute Gasteiger partial charge is 0.490 e. The Labute approximate surface area is 311 Å². The molecular weight excluding hydrogens is 652 g/mol. The summed E-state index contributed by atoms with van der Waals surface area (Å²) >= 11 is 0. The maximum Gasteiger partial charge on any atom is 0.153 e. The Bertz CT molecular complexity index is 1630. The number of rotatable bonds is 19. The topological polar surface area (TPSA) is 80.3 Å². The molecule has 0 saturated carbocycles. The van der Waals surface area contributed by atoms with Crippen LogP contribution in [0.5, 0.6) is 17.2 Å². The molecule has 0 aliphatic heterocycles. The van der Waals surface area contributed by atoms with Crippen LogP contribution in [0.4, 0.5) is 0 Å². The highest BCUT2D eigenvalue weighted by molar-refractivity contribution is 5.82. The Balaban J connectivity index is 2.01. The SMILES string of the molecule is C=CCOc1cc(COC(C)(C)c2cc(C(C)(C)C)cc(C=O)c2OCC=C)cc(COC(C)(C)c2cc(C(C)(C)C)cc(C=O)c2OCC=C)c1. The molecule has 0 radical (unpaired) electrons. The van der Waals surface area contributed by atoms with E-state index in [2.05, 4.69) is 73.4 Å². The van der Waals surface area contributed by atoms with Crippen molar-refractivity contribution in [2.75, 3.05) is 19.8 Å². The summed E-state index contributed by atoms with van der Waals surface area (Å²) in [6.45, 7) is 33.2. The van der Waals surface area contributed by atoms with Crippen LogP contribution in [0.15, 0.2) is 80.4 Å². The number of hydrogen-bond acceptors (Lipinski definition) is 7. The summed E-state index contributed by atoms with van der Waals surface area (Å²) in [7, 11) is 0. The molecular formula is C45H58O7. The molecule has 0 bridgehead atoms. The molecule has 0 aromatic heterocycles. The molecule has 52 heavy (non-hydrogen) atoms. The lowest BCUT2D eigenvalue weighted by atomic mass is 9.82. The van der Waals surface area contributed by atoms with Crippen LogP contribution in [0.3, 0.4) is 0 Å². The van der Waals surface area contributed by atoms with E-state index < -0.39 is 11.2 Å². The van der Waals surface area contributed by atoms with E-state index in [0.29, 0.717) is 35.0 Å². The van der Waals surface area contributed by atoms with Crippen LogP contribution < -0.4 is 14.2 Å². The van der Waals surface area contributed by atoms with Crippen molar-refractivity contribution in [3.05, 3.63) is 125 Å². The first kappa shape index (κ1) is 42.0. The Kier molecular flexibility index (Phi) is 14.0. The molecule has 3 aromatic rings. The van der Waals surface area contributed by atoms with Crippen molar-refractivity contribution in [1.82, 2.24) is 0 Å². The van der Waals surface area contributed by atoms with Gasteiger partial charge < -0.3 is 23.7 Å². The summed E-state index contributed by atoms with van der Waals surface area (Å²) in [4.78, 5) is 24.5. The van der Waals surface area contributed by atoms with E-state index in [1.54, 1.807) is 18.2 Å². The van der Waals surface area contributed by atoms with E-state index in [1.807, 2.05) is 58.0 Å². The fraction of sp³-hybridized carbons (Fsp3) is 0.422. The third-order valence-corrected chi connectivity index (χ3v) is 8.80. The van der Waals surface area contributed by atoms with E-state index >= 15 is 0 Å². The monoisotopic (exact) mass is 710 g/mol. The third kappa shape index (κ3) is 10.8. The van der Waals surface area contributed by atoms with Crippen molar-refractivity contribution in [2.45, 2.75) is 104 Å². The van der Waals surface area contributed by atoms with Gasteiger partial charge in [0.25, 0.3) is 0 Å². The molecule has 280 valence electrons. The molecule has 3 aromatic carbocycles. The smallest absolute Gasteiger partial charge is 0.153 e. The van der Waals surface area contributed by atoms with Gasteiger partial charge in [-0.25, -0.2) is 0 Å². The van der Waals surface area contributed by atoms with Gasteiger partial charge in [-0.2, -0.15) is 0 Å². The van der Waals surface area contributed by atoms with Crippen LogP contribution in [0.1, 0.15) is 123 Å². The summed E-state index contributed by atoms with van der Waals surface area (Å²) in [6, 6.07) is 13.8. The second-order valence-corrected chi connectivity index (χ2v) is 16.0. The number of carbonyl (C=O) groups excluding carboxylic acids is 2. The molecule has 0 aliphatic carbocycles. The molecule has 0 amide bonds. The van der Waals surface area contributed by atoms with Gasteiger partial charge in [0, 0.05) is 11.1 Å². The van der Waals surface area contributed by atoms with E-state index in [4.69, 9.17) is 23.7 Å².